The summed E-state index contributed by atoms with van der Waals surface area (Å²) in [6, 6.07) is 5.95. The van der Waals surface area contributed by atoms with Crippen LogP contribution in [0.4, 0.5) is 0 Å². The maximum absolute atomic E-state index is 12.5. The zero-order valence-electron chi connectivity index (χ0n) is 15.5. The smallest absolute Gasteiger partial charge is 0.308 e. The average molecular weight is 360 g/mol. The van der Waals surface area contributed by atoms with E-state index in [-0.39, 0.29) is 17.8 Å². The van der Waals surface area contributed by atoms with E-state index in [2.05, 4.69) is 0 Å². The molecule has 7 nitrogen and oxygen atoms in total. The van der Waals surface area contributed by atoms with Crippen LogP contribution in [-0.2, 0) is 14.4 Å². The predicted molar refractivity (Wildman–Crippen MR) is 95.7 cm³/mol. The van der Waals surface area contributed by atoms with Crippen LogP contribution in [0, 0.1) is 0 Å². The molecule has 1 unspecified atom stereocenters. The lowest BCUT2D eigenvalue weighted by Gasteiger charge is -2.28. The second-order valence-electron chi connectivity index (χ2n) is 6.41. The molecular formula is C19H24N2O5. The van der Waals surface area contributed by atoms with Crippen molar-refractivity contribution >= 4 is 17.7 Å². The van der Waals surface area contributed by atoms with Gasteiger partial charge < -0.3 is 19.6 Å². The summed E-state index contributed by atoms with van der Waals surface area (Å²) < 4.78 is 5.02. The minimum atomic E-state index is -0.652. The van der Waals surface area contributed by atoms with Gasteiger partial charge in [0.15, 0.2) is 11.5 Å². The monoisotopic (exact) mass is 360 g/mol. The molecule has 1 aliphatic heterocycles. The van der Waals surface area contributed by atoms with E-state index in [4.69, 9.17) is 4.74 Å². The molecule has 0 aromatic heterocycles. The fourth-order valence-electron chi connectivity index (χ4n) is 2.90. The number of amides is 1. The van der Waals surface area contributed by atoms with E-state index in [1.54, 1.807) is 31.2 Å². The molecule has 1 aromatic rings. The summed E-state index contributed by atoms with van der Waals surface area (Å²) in [7, 11) is 3.77. The number of rotatable bonds is 7. The molecule has 1 heterocycles. The van der Waals surface area contributed by atoms with Gasteiger partial charge in [-0.05, 0) is 31.8 Å². The molecule has 1 aliphatic rings. The van der Waals surface area contributed by atoms with Gasteiger partial charge in [0, 0.05) is 26.4 Å². The zero-order valence-corrected chi connectivity index (χ0v) is 15.5. The summed E-state index contributed by atoms with van der Waals surface area (Å²) in [4.78, 5) is 39.4. The van der Waals surface area contributed by atoms with Gasteiger partial charge in [-0.1, -0.05) is 19.1 Å². The SMILES string of the molecule is CCC(=O)C1=C(O)C(=O)N(CCN(C)C)C1c1ccc(OC(C)=O)cc1. The Bertz CT molecular complexity index is 737. The summed E-state index contributed by atoms with van der Waals surface area (Å²) >= 11 is 0. The Morgan fingerprint density at radius 1 is 1.23 bits per heavy atom. The highest BCUT2D eigenvalue weighted by molar-refractivity contribution is 6.08. The number of Topliss-reactive ketones (excluding diaryl/α,β-unsaturated/α-hetero) is 1. The van der Waals surface area contributed by atoms with Crippen molar-refractivity contribution in [3.05, 3.63) is 41.2 Å². The summed E-state index contributed by atoms with van der Waals surface area (Å²) in [5.74, 6) is -1.34. The molecular weight excluding hydrogens is 336 g/mol. The number of hydrogen-bond acceptors (Lipinski definition) is 6. The zero-order chi connectivity index (χ0) is 19.4. The van der Waals surface area contributed by atoms with Crippen molar-refractivity contribution in [3.8, 4) is 5.75 Å². The van der Waals surface area contributed by atoms with Gasteiger partial charge in [-0.3, -0.25) is 14.4 Å². The van der Waals surface area contributed by atoms with Gasteiger partial charge in [-0.25, -0.2) is 0 Å². The maximum atomic E-state index is 12.5. The van der Waals surface area contributed by atoms with Gasteiger partial charge in [0.2, 0.25) is 0 Å². The topological polar surface area (TPSA) is 87.2 Å². The average Bonchev–Trinajstić information content (AvgIpc) is 2.84. The summed E-state index contributed by atoms with van der Waals surface area (Å²) in [6.07, 6.45) is 0.191. The van der Waals surface area contributed by atoms with Crippen molar-refractivity contribution in [2.45, 2.75) is 26.3 Å². The van der Waals surface area contributed by atoms with E-state index < -0.39 is 23.7 Å². The molecule has 7 heteroatoms. The van der Waals surface area contributed by atoms with Crippen LogP contribution in [-0.4, -0.2) is 59.8 Å². The highest BCUT2D eigenvalue weighted by Crippen LogP contribution is 2.38. The molecule has 0 fully saturated rings. The minimum Gasteiger partial charge on any atom is -0.503 e. The number of esters is 1. The Morgan fingerprint density at radius 2 is 1.85 bits per heavy atom. The molecule has 0 saturated heterocycles. The highest BCUT2D eigenvalue weighted by Gasteiger charge is 2.42. The lowest BCUT2D eigenvalue weighted by atomic mass is 9.95. The van der Waals surface area contributed by atoms with Gasteiger partial charge >= 0.3 is 5.97 Å². The number of hydrogen-bond donors (Lipinski definition) is 1. The predicted octanol–water partition coefficient (Wildman–Crippen LogP) is 1.85. The fraction of sp³-hybridized carbons (Fsp3) is 0.421. The second kappa shape index (κ2) is 8.14. The lowest BCUT2D eigenvalue weighted by molar-refractivity contribution is -0.132. The number of benzene rings is 1. The molecule has 2 rings (SSSR count). The van der Waals surface area contributed by atoms with Crippen LogP contribution < -0.4 is 4.74 Å². The Balaban J connectivity index is 2.41. The summed E-state index contributed by atoms with van der Waals surface area (Å²) in [5, 5.41) is 10.3. The highest BCUT2D eigenvalue weighted by atomic mass is 16.5. The minimum absolute atomic E-state index is 0.122. The lowest BCUT2D eigenvalue weighted by Crippen LogP contribution is -2.36. The number of ether oxygens (including phenoxy) is 1. The number of aliphatic hydroxyl groups excluding tert-OH is 1. The Kier molecular flexibility index (Phi) is 6.15. The van der Waals surface area contributed by atoms with Gasteiger partial charge in [0.05, 0.1) is 11.6 Å². The van der Waals surface area contributed by atoms with Crippen molar-refractivity contribution in [2.24, 2.45) is 0 Å². The van der Waals surface area contributed by atoms with E-state index in [0.29, 0.717) is 24.4 Å². The van der Waals surface area contributed by atoms with Gasteiger partial charge in [-0.15, -0.1) is 0 Å². The number of carbonyl (C=O) groups is 3. The number of carbonyl (C=O) groups excluding carboxylic acids is 3. The molecule has 0 aliphatic carbocycles. The molecule has 1 amide bonds. The second-order valence-corrected chi connectivity index (χ2v) is 6.41. The van der Waals surface area contributed by atoms with Crippen molar-refractivity contribution in [3.63, 3.8) is 0 Å². The first kappa shape index (κ1) is 19.7. The van der Waals surface area contributed by atoms with Crippen LogP contribution in [0.5, 0.6) is 5.75 Å². The van der Waals surface area contributed by atoms with Crippen molar-refractivity contribution in [2.75, 3.05) is 27.2 Å². The number of nitrogens with zero attached hydrogens (tertiary/aromatic N) is 2. The van der Waals surface area contributed by atoms with Crippen molar-refractivity contribution in [1.29, 1.82) is 0 Å². The normalized spacial score (nSPS) is 17.2. The van der Waals surface area contributed by atoms with Crippen LogP contribution >= 0.6 is 0 Å². The van der Waals surface area contributed by atoms with Crippen molar-refractivity contribution < 1.29 is 24.2 Å². The molecule has 26 heavy (non-hydrogen) atoms. The van der Waals surface area contributed by atoms with E-state index in [1.165, 1.54) is 11.8 Å². The molecule has 1 aromatic carbocycles. The van der Waals surface area contributed by atoms with E-state index in [0.717, 1.165) is 0 Å². The third kappa shape index (κ3) is 4.11. The Morgan fingerprint density at radius 3 is 2.35 bits per heavy atom. The third-order valence-corrected chi connectivity index (χ3v) is 4.17. The van der Waals surface area contributed by atoms with Gasteiger partial charge in [0.1, 0.15) is 5.75 Å². The molecule has 1 N–H and O–H groups in total. The van der Waals surface area contributed by atoms with E-state index in [9.17, 15) is 19.5 Å². The van der Waals surface area contributed by atoms with Crippen molar-refractivity contribution in [1.82, 2.24) is 9.80 Å². The standard InChI is InChI=1S/C19H24N2O5/c1-5-15(23)16-17(13-6-8-14(9-7-13)26-12(2)22)21(11-10-20(3)4)19(25)18(16)24/h6-9,17,24H,5,10-11H2,1-4H3. The quantitative estimate of drug-likeness (QED) is 0.590. The number of aliphatic hydroxyl groups is 1. The number of likely N-dealkylation sites (N-methyl/N-ethyl adjacent to an activating group) is 1. The Labute approximate surface area is 152 Å². The summed E-state index contributed by atoms with van der Waals surface area (Å²) in [5.41, 5.74) is 0.797. The van der Waals surface area contributed by atoms with Crippen LogP contribution in [0.1, 0.15) is 31.9 Å². The molecule has 0 spiro atoms. The molecule has 140 valence electrons. The molecule has 0 bridgehead atoms. The molecule has 0 radical (unpaired) electrons. The van der Waals surface area contributed by atoms with Crippen LogP contribution in [0.25, 0.3) is 0 Å². The van der Waals surface area contributed by atoms with Crippen LogP contribution in [0.2, 0.25) is 0 Å². The van der Waals surface area contributed by atoms with Gasteiger partial charge in [0.25, 0.3) is 5.91 Å². The van der Waals surface area contributed by atoms with E-state index in [1.807, 2.05) is 19.0 Å². The number of ketones is 1. The van der Waals surface area contributed by atoms with Crippen LogP contribution in [0.3, 0.4) is 0 Å². The van der Waals surface area contributed by atoms with E-state index >= 15 is 0 Å². The first-order valence-corrected chi connectivity index (χ1v) is 8.46. The first-order chi connectivity index (χ1) is 12.3. The van der Waals surface area contributed by atoms with Crippen LogP contribution in [0.15, 0.2) is 35.6 Å². The fourth-order valence-corrected chi connectivity index (χ4v) is 2.90. The molecule has 1 atom stereocenters. The largest absolute Gasteiger partial charge is 0.503 e. The first-order valence-electron chi connectivity index (χ1n) is 8.46. The van der Waals surface area contributed by atoms with Gasteiger partial charge in [-0.2, -0.15) is 0 Å². The third-order valence-electron chi connectivity index (χ3n) is 4.17. The summed E-state index contributed by atoms with van der Waals surface area (Å²) in [6.45, 7) is 3.96. The molecule has 0 saturated carbocycles. The maximum Gasteiger partial charge on any atom is 0.308 e. The Hall–Kier alpha value is -2.67.